The second-order valence-corrected chi connectivity index (χ2v) is 4.04. The van der Waals surface area contributed by atoms with E-state index in [1.54, 1.807) is 6.08 Å². The van der Waals surface area contributed by atoms with Crippen LogP contribution in [-0.4, -0.2) is 18.1 Å². The lowest BCUT2D eigenvalue weighted by atomic mass is 9.95. The average molecular weight is 273 g/mol. The summed E-state index contributed by atoms with van der Waals surface area (Å²) < 4.78 is 43.9. The maximum Gasteiger partial charge on any atom is 0.417 e. The first-order valence-corrected chi connectivity index (χ1v) is 5.52. The molecule has 7 heteroatoms. The molecule has 0 saturated carbocycles. The first-order valence-electron chi connectivity index (χ1n) is 5.52. The lowest BCUT2D eigenvalue weighted by Crippen LogP contribution is -2.12. The molecule has 102 valence electrons. The monoisotopic (exact) mass is 273 g/mol. The molecule has 0 radical (unpaired) electrons. The van der Waals surface area contributed by atoms with Crippen molar-refractivity contribution in [2.24, 2.45) is 0 Å². The maximum atomic E-state index is 13.0. The van der Waals surface area contributed by atoms with Crippen molar-refractivity contribution in [3.05, 3.63) is 45.5 Å². The summed E-state index contributed by atoms with van der Waals surface area (Å²) in [6.45, 7) is 0.601. The summed E-state index contributed by atoms with van der Waals surface area (Å²) in [5.74, 6) is 0. The highest BCUT2D eigenvalue weighted by Gasteiger charge is 2.35. The minimum atomic E-state index is -4.62. The fourth-order valence-electron chi connectivity index (χ4n) is 1.93. The summed E-state index contributed by atoms with van der Waals surface area (Å²) in [4.78, 5) is 9.74. The molecule has 0 saturated heterocycles. The summed E-state index contributed by atoms with van der Waals surface area (Å²) in [5.41, 5.74) is -1.05. The maximum absolute atomic E-state index is 13.0. The van der Waals surface area contributed by atoms with E-state index in [9.17, 15) is 23.3 Å². The van der Waals surface area contributed by atoms with Crippen molar-refractivity contribution in [2.75, 3.05) is 13.2 Å². The number of rotatable bonds is 2. The van der Waals surface area contributed by atoms with Gasteiger partial charge in [-0.25, -0.2) is 0 Å². The molecule has 0 unspecified atom stereocenters. The van der Waals surface area contributed by atoms with E-state index in [1.165, 1.54) is 0 Å². The van der Waals surface area contributed by atoms with Crippen LogP contribution < -0.4 is 0 Å². The number of nitro groups is 1. The van der Waals surface area contributed by atoms with Gasteiger partial charge in [-0.2, -0.15) is 13.2 Å². The van der Waals surface area contributed by atoms with Crippen LogP contribution in [0.3, 0.4) is 0 Å². The second kappa shape index (κ2) is 5.00. The van der Waals surface area contributed by atoms with Crippen LogP contribution in [0.4, 0.5) is 18.9 Å². The first-order chi connectivity index (χ1) is 8.89. The number of halogens is 3. The Morgan fingerprint density at radius 3 is 2.58 bits per heavy atom. The third kappa shape index (κ3) is 2.93. The third-order valence-electron chi connectivity index (χ3n) is 2.83. The van der Waals surface area contributed by atoms with Crippen LogP contribution in [0.15, 0.2) is 24.3 Å². The molecule has 1 aliphatic rings. The average Bonchev–Trinajstić information content (AvgIpc) is 2.38. The van der Waals surface area contributed by atoms with E-state index in [0.717, 1.165) is 12.1 Å². The molecule has 0 bridgehead atoms. The predicted molar refractivity (Wildman–Crippen MR) is 61.5 cm³/mol. The molecule has 0 aromatic heterocycles. The molecular weight excluding hydrogens is 263 g/mol. The highest BCUT2D eigenvalue weighted by atomic mass is 19.4. The summed E-state index contributed by atoms with van der Waals surface area (Å²) in [7, 11) is 0. The third-order valence-corrected chi connectivity index (χ3v) is 2.83. The molecule has 0 aliphatic carbocycles. The topological polar surface area (TPSA) is 52.4 Å². The fourth-order valence-corrected chi connectivity index (χ4v) is 1.93. The van der Waals surface area contributed by atoms with Crippen molar-refractivity contribution in [1.82, 2.24) is 0 Å². The molecule has 1 aromatic rings. The Hall–Kier alpha value is -1.89. The van der Waals surface area contributed by atoms with Gasteiger partial charge >= 0.3 is 6.18 Å². The number of benzene rings is 1. The Balaban J connectivity index is 2.54. The van der Waals surface area contributed by atoms with Crippen molar-refractivity contribution in [2.45, 2.75) is 12.6 Å². The Morgan fingerprint density at radius 1 is 1.32 bits per heavy atom. The SMILES string of the molecule is O=[N+]([O-])c1ccc(C2=CCOCC2)c(C(F)(F)F)c1. The van der Waals surface area contributed by atoms with Gasteiger partial charge in [-0.3, -0.25) is 10.1 Å². The number of ether oxygens (including phenoxy) is 1. The Morgan fingerprint density at radius 2 is 2.05 bits per heavy atom. The van der Waals surface area contributed by atoms with Crippen LogP contribution in [0, 0.1) is 10.1 Å². The quantitative estimate of drug-likeness (QED) is 0.612. The van der Waals surface area contributed by atoms with Gasteiger partial charge in [0, 0.05) is 12.1 Å². The predicted octanol–water partition coefficient (Wildman–Crippen LogP) is 3.42. The van der Waals surface area contributed by atoms with E-state index >= 15 is 0 Å². The summed E-state index contributed by atoms with van der Waals surface area (Å²) in [6, 6.07) is 2.81. The van der Waals surface area contributed by atoms with Gasteiger partial charge in [0.05, 0.1) is 23.7 Å². The largest absolute Gasteiger partial charge is 0.417 e. The van der Waals surface area contributed by atoms with Crippen LogP contribution >= 0.6 is 0 Å². The zero-order chi connectivity index (χ0) is 14.0. The molecule has 1 aromatic carbocycles. The number of alkyl halides is 3. The zero-order valence-electron chi connectivity index (χ0n) is 9.74. The minimum Gasteiger partial charge on any atom is -0.377 e. The molecule has 0 spiro atoms. The molecule has 1 aliphatic heterocycles. The number of hydrogen-bond donors (Lipinski definition) is 0. The van der Waals surface area contributed by atoms with Crippen LogP contribution in [0.2, 0.25) is 0 Å². The van der Waals surface area contributed by atoms with Gasteiger partial charge in [0.25, 0.3) is 5.69 Å². The Labute approximate surface area is 106 Å². The molecule has 4 nitrogen and oxygen atoms in total. The summed E-state index contributed by atoms with van der Waals surface area (Å²) >= 11 is 0. The summed E-state index contributed by atoms with van der Waals surface area (Å²) in [6.07, 6.45) is -2.69. The van der Waals surface area contributed by atoms with E-state index in [4.69, 9.17) is 4.74 Å². The van der Waals surface area contributed by atoms with Crippen molar-refractivity contribution < 1.29 is 22.8 Å². The molecule has 19 heavy (non-hydrogen) atoms. The number of nitrogens with zero attached hydrogens (tertiary/aromatic N) is 1. The zero-order valence-corrected chi connectivity index (χ0v) is 9.74. The van der Waals surface area contributed by atoms with Crippen LogP contribution in [0.1, 0.15) is 17.5 Å². The van der Waals surface area contributed by atoms with Gasteiger partial charge in [0.1, 0.15) is 0 Å². The molecule has 1 heterocycles. The fraction of sp³-hybridized carbons (Fsp3) is 0.333. The lowest BCUT2D eigenvalue weighted by molar-refractivity contribution is -0.385. The standard InChI is InChI=1S/C12H10F3NO3/c13-12(14,15)11-7-9(16(17)18)1-2-10(11)8-3-5-19-6-4-8/h1-3,7H,4-6H2. The van der Waals surface area contributed by atoms with E-state index in [0.29, 0.717) is 24.7 Å². The highest BCUT2D eigenvalue weighted by molar-refractivity contribution is 5.70. The van der Waals surface area contributed by atoms with Crippen LogP contribution in [0.5, 0.6) is 0 Å². The van der Waals surface area contributed by atoms with Gasteiger partial charge in [-0.15, -0.1) is 0 Å². The molecule has 0 amide bonds. The molecule has 2 rings (SSSR count). The minimum absolute atomic E-state index is 0.0126. The van der Waals surface area contributed by atoms with Gasteiger partial charge in [-0.1, -0.05) is 6.08 Å². The van der Waals surface area contributed by atoms with E-state index in [-0.39, 0.29) is 12.2 Å². The lowest BCUT2D eigenvalue weighted by Gasteiger charge is -2.18. The van der Waals surface area contributed by atoms with Crippen LogP contribution in [0.25, 0.3) is 5.57 Å². The Kier molecular flexibility index (Phi) is 3.57. The van der Waals surface area contributed by atoms with Crippen molar-refractivity contribution in [3.63, 3.8) is 0 Å². The Bertz CT molecular complexity index is 538. The molecule has 0 N–H and O–H groups in total. The molecular formula is C12H10F3NO3. The second-order valence-electron chi connectivity index (χ2n) is 4.04. The van der Waals surface area contributed by atoms with Crippen molar-refractivity contribution in [1.29, 1.82) is 0 Å². The number of hydrogen-bond acceptors (Lipinski definition) is 3. The smallest absolute Gasteiger partial charge is 0.377 e. The normalized spacial score (nSPS) is 16.1. The molecule has 0 fully saturated rings. The van der Waals surface area contributed by atoms with E-state index < -0.39 is 22.4 Å². The van der Waals surface area contributed by atoms with Gasteiger partial charge in [0.15, 0.2) is 0 Å². The van der Waals surface area contributed by atoms with E-state index in [1.807, 2.05) is 0 Å². The van der Waals surface area contributed by atoms with Crippen LogP contribution in [-0.2, 0) is 10.9 Å². The van der Waals surface area contributed by atoms with Gasteiger partial charge < -0.3 is 4.74 Å². The van der Waals surface area contributed by atoms with Gasteiger partial charge in [-0.05, 0) is 23.6 Å². The van der Waals surface area contributed by atoms with Crippen molar-refractivity contribution in [3.8, 4) is 0 Å². The number of non-ortho nitro benzene ring substituents is 1. The highest BCUT2D eigenvalue weighted by Crippen LogP contribution is 2.38. The first kappa shape index (κ1) is 13.5. The van der Waals surface area contributed by atoms with Gasteiger partial charge in [0.2, 0.25) is 0 Å². The van der Waals surface area contributed by atoms with Crippen molar-refractivity contribution >= 4 is 11.3 Å². The number of nitro benzene ring substituents is 1. The molecule has 0 atom stereocenters. The summed E-state index contributed by atoms with van der Waals surface area (Å²) in [5, 5.41) is 10.6. The van der Waals surface area contributed by atoms with E-state index in [2.05, 4.69) is 0 Å².